The highest BCUT2D eigenvalue weighted by molar-refractivity contribution is 7.78. The second kappa shape index (κ2) is 29.6. The number of pyridine rings is 6. The van der Waals surface area contributed by atoms with Crippen LogP contribution >= 0.6 is 24.4 Å². The maximum atomic E-state index is 13.4. The van der Waals surface area contributed by atoms with Crippen LogP contribution in [0.2, 0.25) is 0 Å². The Labute approximate surface area is 487 Å². The van der Waals surface area contributed by atoms with E-state index in [2.05, 4.69) is 40.9 Å². The minimum atomic E-state index is -1.21. The van der Waals surface area contributed by atoms with Crippen molar-refractivity contribution in [3.05, 3.63) is 169 Å². The van der Waals surface area contributed by atoms with Crippen molar-refractivity contribution in [1.29, 1.82) is 0 Å². The summed E-state index contributed by atoms with van der Waals surface area (Å²) in [7, 11) is 0. The number of nitrogens with one attached hydrogen (secondary N) is 2. The first-order valence-corrected chi connectivity index (χ1v) is 26.6. The van der Waals surface area contributed by atoms with Gasteiger partial charge in [0.2, 0.25) is 11.8 Å². The number of carboxylic acids is 3. The summed E-state index contributed by atoms with van der Waals surface area (Å²) in [4.78, 5) is 104. The molecule has 0 unspecified atom stereocenters. The molecule has 8 aromatic rings. The molecule has 0 fully saturated rings. The fourth-order valence-corrected chi connectivity index (χ4v) is 8.90. The zero-order chi connectivity index (χ0) is 58.5. The molecule has 2 aromatic carbocycles. The molecule has 0 atom stereocenters. The number of aromatic nitrogens is 6. The smallest absolute Gasteiger partial charge is 0.317 e. The molecule has 0 radical (unpaired) electrons. The molecular formula is C60H53N13O8S2. The van der Waals surface area contributed by atoms with Crippen molar-refractivity contribution in [3.63, 3.8) is 0 Å². The summed E-state index contributed by atoms with van der Waals surface area (Å²) < 4.78 is 0. The Morgan fingerprint density at radius 2 is 0.771 bits per heavy atom. The number of thiocarbonyl (C=S) groups is 2. The Kier molecular flexibility index (Phi) is 21.1. The topological polar surface area (TPSA) is 282 Å². The van der Waals surface area contributed by atoms with Gasteiger partial charge in [0, 0.05) is 38.6 Å². The maximum absolute atomic E-state index is 13.4. The number of aliphatic carboxylic acids is 3. The SMILES string of the molecule is O=C(O)CN(CCN(CC(=O)O)CC(=O)NCc1cccc(-c2cc(-c3ccc(N=C=S)cc3)cc(-c3ccccn3)n2)n1)CCN(CC(=O)O)CC(=O)NCc1cccc(-c2cc(-c3ccc(N=C=S)cc3)cc(-c3ccccn3)n2)n1. The minimum absolute atomic E-state index is 0.00739. The van der Waals surface area contributed by atoms with E-state index in [0.29, 0.717) is 68.3 Å². The Morgan fingerprint density at radius 1 is 0.410 bits per heavy atom. The average molecular weight is 1150 g/mol. The van der Waals surface area contributed by atoms with Gasteiger partial charge in [-0.3, -0.25) is 48.6 Å². The standard InChI is InChI=1S/C60H53N13O8S2/c74-56(63-31-46-7-5-11-50(67-46)54-29-42(40-13-17-44(18-14-40)65-38-82)27-52(69-54)48-9-1-3-21-61-48)33-72(36-59(78)79)25-23-71(35-58(76)77)24-26-73(37-60(80)81)34-57(75)64-32-47-8-6-12-51(68-47)55-30-43(41-15-19-45(20-16-41)66-39-83)28-53(70-55)49-10-2-4-22-62-49/h1-22,27-30H,23-26,31-37H2,(H,63,74)(H,64,75)(H,76,77)(H,78,79)(H,80,81). The van der Waals surface area contributed by atoms with Crippen LogP contribution in [0.25, 0.3) is 67.8 Å². The summed E-state index contributed by atoms with van der Waals surface area (Å²) in [6.07, 6.45) is 3.36. The minimum Gasteiger partial charge on any atom is -0.480 e. The van der Waals surface area contributed by atoms with Crippen LogP contribution in [0.15, 0.2) is 168 Å². The quantitative estimate of drug-likeness (QED) is 0.0233. The van der Waals surface area contributed by atoms with Gasteiger partial charge < -0.3 is 26.0 Å². The molecule has 6 heterocycles. The number of carboxylic acid groups (broad SMARTS) is 3. The van der Waals surface area contributed by atoms with Gasteiger partial charge in [-0.2, -0.15) is 9.98 Å². The van der Waals surface area contributed by atoms with Crippen molar-refractivity contribution in [1.82, 2.24) is 55.2 Å². The molecular weight excluding hydrogens is 1090 g/mol. The lowest BCUT2D eigenvalue weighted by molar-refractivity contribution is -0.141. The van der Waals surface area contributed by atoms with Gasteiger partial charge in [0.05, 0.1) is 124 Å². The molecule has 23 heteroatoms. The van der Waals surface area contributed by atoms with E-state index in [0.717, 1.165) is 22.3 Å². The number of nitrogens with zero attached hydrogens (tertiary/aromatic N) is 11. The summed E-state index contributed by atoms with van der Waals surface area (Å²) in [5, 5.41) is 39.8. The third-order valence-electron chi connectivity index (χ3n) is 12.6. The van der Waals surface area contributed by atoms with E-state index in [4.69, 9.17) is 44.4 Å². The van der Waals surface area contributed by atoms with Crippen LogP contribution in [0.1, 0.15) is 11.4 Å². The van der Waals surface area contributed by atoms with Crippen LogP contribution in [0.5, 0.6) is 0 Å². The molecule has 2 amide bonds. The average Bonchev–Trinajstić information content (AvgIpc) is 3.65. The number of hydrogen-bond acceptors (Lipinski definition) is 18. The normalized spacial score (nSPS) is 10.9. The van der Waals surface area contributed by atoms with Gasteiger partial charge in [-0.05, 0) is 144 Å². The number of carbonyl (C=O) groups is 5. The van der Waals surface area contributed by atoms with Gasteiger partial charge in [0.1, 0.15) is 0 Å². The fraction of sp³-hybridized carbons (Fsp3) is 0.183. The lowest BCUT2D eigenvalue weighted by atomic mass is 10.0. The molecule has 0 aliphatic heterocycles. The zero-order valence-corrected chi connectivity index (χ0v) is 46.0. The lowest BCUT2D eigenvalue weighted by Crippen LogP contribution is -2.47. The van der Waals surface area contributed by atoms with Gasteiger partial charge in [0.15, 0.2) is 0 Å². The summed E-state index contributed by atoms with van der Waals surface area (Å²) >= 11 is 9.51. The molecule has 0 spiro atoms. The van der Waals surface area contributed by atoms with Gasteiger partial charge in [-0.15, -0.1) is 0 Å². The Morgan fingerprint density at radius 3 is 1.13 bits per heavy atom. The van der Waals surface area contributed by atoms with E-state index in [9.17, 15) is 39.3 Å². The van der Waals surface area contributed by atoms with Crippen molar-refractivity contribution < 1.29 is 39.3 Å². The highest BCUT2D eigenvalue weighted by Gasteiger charge is 2.21. The second-order valence-corrected chi connectivity index (χ2v) is 19.0. The van der Waals surface area contributed by atoms with Crippen LogP contribution in [0.4, 0.5) is 11.4 Å². The Hall–Kier alpha value is -9.83. The third kappa shape index (κ3) is 18.1. The van der Waals surface area contributed by atoms with E-state index >= 15 is 0 Å². The van der Waals surface area contributed by atoms with Crippen LogP contribution in [-0.4, -0.2) is 159 Å². The van der Waals surface area contributed by atoms with E-state index in [1.165, 1.54) is 14.7 Å². The highest BCUT2D eigenvalue weighted by atomic mass is 32.1. The molecule has 0 saturated heterocycles. The van der Waals surface area contributed by atoms with Crippen molar-refractivity contribution >= 4 is 75.9 Å². The van der Waals surface area contributed by atoms with Crippen molar-refractivity contribution in [3.8, 4) is 67.8 Å². The lowest BCUT2D eigenvalue weighted by Gasteiger charge is -2.28. The molecule has 0 aliphatic carbocycles. The molecule has 0 saturated carbocycles. The zero-order valence-electron chi connectivity index (χ0n) is 44.4. The molecule has 418 valence electrons. The van der Waals surface area contributed by atoms with Gasteiger partial charge >= 0.3 is 17.9 Å². The van der Waals surface area contributed by atoms with E-state index in [1.54, 1.807) is 48.8 Å². The number of rotatable bonds is 28. The maximum Gasteiger partial charge on any atom is 0.317 e. The summed E-state index contributed by atoms with van der Waals surface area (Å²) in [5.74, 6) is -4.65. The highest BCUT2D eigenvalue weighted by Crippen LogP contribution is 2.32. The number of aliphatic imine (C=N–C) groups is 2. The van der Waals surface area contributed by atoms with Gasteiger partial charge in [0.25, 0.3) is 0 Å². The van der Waals surface area contributed by atoms with E-state index in [1.807, 2.05) is 109 Å². The summed E-state index contributed by atoms with van der Waals surface area (Å²) in [6.45, 7) is -2.40. The first-order chi connectivity index (χ1) is 40.3. The van der Waals surface area contributed by atoms with Crippen molar-refractivity contribution in [2.75, 3.05) is 58.9 Å². The molecule has 8 rings (SSSR count). The number of amides is 2. The monoisotopic (exact) mass is 1150 g/mol. The third-order valence-corrected chi connectivity index (χ3v) is 12.8. The number of benzene rings is 2. The molecule has 0 aliphatic rings. The van der Waals surface area contributed by atoms with Crippen LogP contribution < -0.4 is 10.6 Å². The molecule has 5 N–H and O–H groups in total. The first kappa shape index (κ1) is 59.3. The molecule has 83 heavy (non-hydrogen) atoms. The first-order valence-electron chi connectivity index (χ1n) is 25.8. The summed E-state index contributed by atoms with van der Waals surface area (Å²) in [5.41, 5.74) is 10.4. The Balaban J connectivity index is 0.874. The Bertz CT molecular complexity index is 3470. The molecule has 0 bridgehead atoms. The van der Waals surface area contributed by atoms with Gasteiger partial charge in [-0.25, -0.2) is 19.9 Å². The molecule has 6 aromatic heterocycles. The molecule has 21 nitrogen and oxygen atoms in total. The summed E-state index contributed by atoms with van der Waals surface area (Å²) in [6, 6.07) is 44.3. The predicted octanol–water partition coefficient (Wildman–Crippen LogP) is 7.62. The van der Waals surface area contributed by atoms with Crippen molar-refractivity contribution in [2.24, 2.45) is 9.98 Å². The van der Waals surface area contributed by atoms with Crippen molar-refractivity contribution in [2.45, 2.75) is 13.1 Å². The van der Waals surface area contributed by atoms with Crippen LogP contribution in [0, 0.1) is 0 Å². The predicted molar refractivity (Wildman–Crippen MR) is 318 cm³/mol. The van der Waals surface area contributed by atoms with E-state index in [-0.39, 0.29) is 52.4 Å². The van der Waals surface area contributed by atoms with Crippen LogP contribution in [-0.2, 0) is 37.1 Å². The largest absolute Gasteiger partial charge is 0.480 e. The number of hydrogen-bond donors (Lipinski definition) is 5. The fourth-order valence-electron chi connectivity index (χ4n) is 8.69. The number of isothiocyanates is 2. The second-order valence-electron chi connectivity index (χ2n) is 18.6. The van der Waals surface area contributed by atoms with Gasteiger partial charge in [-0.1, -0.05) is 48.5 Å². The number of carbonyl (C=O) groups excluding carboxylic acids is 2. The van der Waals surface area contributed by atoms with Crippen LogP contribution in [0.3, 0.4) is 0 Å². The van der Waals surface area contributed by atoms with E-state index < -0.39 is 49.4 Å².